The molecule has 1 amide bonds. The van der Waals surface area contributed by atoms with Crippen molar-refractivity contribution in [1.29, 1.82) is 0 Å². The van der Waals surface area contributed by atoms with Gasteiger partial charge in [-0.25, -0.2) is 0 Å². The summed E-state index contributed by atoms with van der Waals surface area (Å²) in [5.41, 5.74) is 1.01. The zero-order chi connectivity index (χ0) is 14.4. The molecule has 0 radical (unpaired) electrons. The number of nitrogens with one attached hydrogen (secondary N) is 2. The van der Waals surface area contributed by atoms with Crippen LogP contribution in [0.3, 0.4) is 0 Å². The number of carbonyl (C=O) groups is 2. The normalized spacial score (nSPS) is 12.1. The van der Waals surface area contributed by atoms with Gasteiger partial charge in [0.05, 0.1) is 16.9 Å². The number of para-hydroxylation sites is 1. The third-order valence-corrected chi connectivity index (χ3v) is 3.55. The highest BCUT2D eigenvalue weighted by molar-refractivity contribution is 8.04. The number of carbonyl (C=O) groups excluding carboxylic acids is 2. The van der Waals surface area contributed by atoms with Crippen molar-refractivity contribution in [3.8, 4) is 0 Å². The lowest BCUT2D eigenvalue weighted by atomic mass is 10.3. The summed E-state index contributed by atoms with van der Waals surface area (Å²) >= 11 is 1.43. The van der Waals surface area contributed by atoms with Gasteiger partial charge in [-0.15, -0.1) is 0 Å². The molecule has 0 aliphatic carbocycles. The van der Waals surface area contributed by atoms with Crippen molar-refractivity contribution >= 4 is 36.0 Å². The standard InChI is InChI=1S/C13H10N2O2S.CH2O/c16-13(15-12-6-3-7-17-12)11-8-14-9-4-1-2-5-10(9)18-11;1-2/h1-8,14H,(H,15,16);1H2. The zero-order valence-electron chi connectivity index (χ0n) is 10.5. The van der Waals surface area contributed by atoms with Gasteiger partial charge in [0.2, 0.25) is 0 Å². The van der Waals surface area contributed by atoms with Crippen LogP contribution in [-0.2, 0) is 9.59 Å². The van der Waals surface area contributed by atoms with Crippen molar-refractivity contribution in [2.45, 2.75) is 4.90 Å². The predicted molar refractivity (Wildman–Crippen MR) is 78.5 cm³/mol. The van der Waals surface area contributed by atoms with Crippen LogP contribution in [0.15, 0.2) is 63.1 Å². The summed E-state index contributed by atoms with van der Waals surface area (Å²) in [6, 6.07) is 11.3. The van der Waals surface area contributed by atoms with E-state index < -0.39 is 0 Å². The van der Waals surface area contributed by atoms with Crippen LogP contribution in [0.5, 0.6) is 0 Å². The van der Waals surface area contributed by atoms with Crippen LogP contribution in [0, 0.1) is 0 Å². The Morgan fingerprint density at radius 1 is 1.20 bits per heavy atom. The fourth-order valence-corrected chi connectivity index (χ4v) is 2.48. The van der Waals surface area contributed by atoms with Crippen LogP contribution in [0.25, 0.3) is 0 Å². The molecule has 6 heteroatoms. The predicted octanol–water partition coefficient (Wildman–Crippen LogP) is 3.09. The van der Waals surface area contributed by atoms with E-state index in [1.54, 1.807) is 18.3 Å². The van der Waals surface area contributed by atoms with Crippen molar-refractivity contribution in [1.82, 2.24) is 0 Å². The summed E-state index contributed by atoms with van der Waals surface area (Å²) in [5, 5.41) is 5.79. The van der Waals surface area contributed by atoms with E-state index in [0.717, 1.165) is 10.6 Å². The SMILES string of the molecule is C=O.O=C(Nc1ccco1)C1=CNc2ccccc2S1. The highest BCUT2D eigenvalue weighted by Crippen LogP contribution is 2.36. The Labute approximate surface area is 120 Å². The molecule has 1 aliphatic heterocycles. The number of thioether (sulfide) groups is 1. The minimum Gasteiger partial charge on any atom is -0.449 e. The highest BCUT2D eigenvalue weighted by atomic mass is 32.2. The molecule has 20 heavy (non-hydrogen) atoms. The summed E-state index contributed by atoms with van der Waals surface area (Å²) in [4.78, 5) is 21.6. The number of anilines is 2. The number of benzene rings is 1. The Bertz CT molecular complexity index is 623. The second kappa shape index (κ2) is 6.63. The maximum atomic E-state index is 12.0. The summed E-state index contributed by atoms with van der Waals surface area (Å²) in [7, 11) is 0. The molecule has 0 saturated carbocycles. The quantitative estimate of drug-likeness (QED) is 0.888. The Kier molecular flexibility index (Phi) is 4.62. The monoisotopic (exact) mass is 288 g/mol. The molecule has 0 saturated heterocycles. The van der Waals surface area contributed by atoms with Gasteiger partial charge in [-0.05, 0) is 18.2 Å². The summed E-state index contributed by atoms with van der Waals surface area (Å²) < 4.78 is 5.08. The zero-order valence-corrected chi connectivity index (χ0v) is 11.3. The van der Waals surface area contributed by atoms with Crippen molar-refractivity contribution in [2.24, 2.45) is 0 Å². The fraction of sp³-hybridized carbons (Fsp3) is 0. The topological polar surface area (TPSA) is 71.3 Å². The molecule has 1 aromatic carbocycles. The Morgan fingerprint density at radius 2 is 2.00 bits per heavy atom. The van der Waals surface area contributed by atoms with Gasteiger partial charge in [0, 0.05) is 17.2 Å². The fourth-order valence-electron chi connectivity index (χ4n) is 1.60. The average molecular weight is 288 g/mol. The summed E-state index contributed by atoms with van der Waals surface area (Å²) in [6.07, 6.45) is 3.22. The lowest BCUT2D eigenvalue weighted by molar-refractivity contribution is -0.112. The molecule has 2 heterocycles. The van der Waals surface area contributed by atoms with Gasteiger partial charge < -0.3 is 14.5 Å². The molecule has 2 N–H and O–H groups in total. The number of rotatable bonds is 2. The average Bonchev–Trinajstić information content (AvgIpc) is 3.01. The van der Waals surface area contributed by atoms with Gasteiger partial charge in [0.1, 0.15) is 6.79 Å². The molecule has 0 bridgehead atoms. The lowest BCUT2D eigenvalue weighted by Crippen LogP contribution is -2.15. The Balaban J connectivity index is 0.000000704. The molecule has 0 atom stereocenters. The van der Waals surface area contributed by atoms with Crippen molar-refractivity contribution in [3.05, 3.63) is 53.8 Å². The number of furan rings is 1. The molecule has 0 spiro atoms. The molecule has 3 rings (SSSR count). The van der Waals surface area contributed by atoms with Crippen molar-refractivity contribution < 1.29 is 14.0 Å². The molecular formula is C14H12N2O3S. The molecule has 5 nitrogen and oxygen atoms in total. The van der Waals surface area contributed by atoms with E-state index >= 15 is 0 Å². The first-order valence-electron chi connectivity index (χ1n) is 5.70. The van der Waals surface area contributed by atoms with Crippen LogP contribution in [0.1, 0.15) is 0 Å². The molecular weight excluding hydrogens is 276 g/mol. The van der Waals surface area contributed by atoms with Gasteiger partial charge >= 0.3 is 0 Å². The van der Waals surface area contributed by atoms with E-state index in [1.807, 2.05) is 31.1 Å². The second-order valence-corrected chi connectivity index (χ2v) is 4.77. The minimum absolute atomic E-state index is 0.183. The first-order valence-corrected chi connectivity index (χ1v) is 6.52. The van der Waals surface area contributed by atoms with Crippen LogP contribution < -0.4 is 10.6 Å². The van der Waals surface area contributed by atoms with E-state index in [9.17, 15) is 4.79 Å². The maximum absolute atomic E-state index is 12.0. The van der Waals surface area contributed by atoms with E-state index in [0.29, 0.717) is 10.8 Å². The Morgan fingerprint density at radius 3 is 2.75 bits per heavy atom. The largest absolute Gasteiger partial charge is 0.449 e. The third-order valence-electron chi connectivity index (χ3n) is 2.45. The Hall–Kier alpha value is -2.47. The van der Waals surface area contributed by atoms with Gasteiger partial charge in [-0.2, -0.15) is 0 Å². The number of amides is 1. The number of hydrogen-bond acceptors (Lipinski definition) is 5. The van der Waals surface area contributed by atoms with Crippen molar-refractivity contribution in [3.63, 3.8) is 0 Å². The van der Waals surface area contributed by atoms with E-state index in [-0.39, 0.29) is 5.91 Å². The molecule has 1 aliphatic rings. The van der Waals surface area contributed by atoms with Crippen LogP contribution in [-0.4, -0.2) is 12.7 Å². The third kappa shape index (κ3) is 3.10. The van der Waals surface area contributed by atoms with Crippen LogP contribution >= 0.6 is 11.8 Å². The summed E-state index contributed by atoms with van der Waals surface area (Å²) in [6.45, 7) is 2.00. The lowest BCUT2D eigenvalue weighted by Gasteiger charge is -2.16. The maximum Gasteiger partial charge on any atom is 0.266 e. The van der Waals surface area contributed by atoms with Crippen LogP contribution in [0.2, 0.25) is 0 Å². The molecule has 0 unspecified atom stereocenters. The van der Waals surface area contributed by atoms with Gasteiger partial charge in [0.15, 0.2) is 5.88 Å². The molecule has 2 aromatic rings. The van der Waals surface area contributed by atoms with E-state index in [4.69, 9.17) is 9.21 Å². The van der Waals surface area contributed by atoms with Crippen LogP contribution in [0.4, 0.5) is 11.6 Å². The van der Waals surface area contributed by atoms with Gasteiger partial charge in [-0.3, -0.25) is 10.1 Å². The second-order valence-electron chi connectivity index (χ2n) is 3.68. The molecule has 0 fully saturated rings. The van der Waals surface area contributed by atoms with E-state index in [1.165, 1.54) is 18.0 Å². The van der Waals surface area contributed by atoms with Gasteiger partial charge in [-0.1, -0.05) is 23.9 Å². The smallest absolute Gasteiger partial charge is 0.266 e. The number of hydrogen-bond donors (Lipinski definition) is 2. The highest BCUT2D eigenvalue weighted by Gasteiger charge is 2.17. The van der Waals surface area contributed by atoms with E-state index in [2.05, 4.69) is 10.6 Å². The molecule has 102 valence electrons. The summed E-state index contributed by atoms with van der Waals surface area (Å²) in [5.74, 6) is 0.261. The van der Waals surface area contributed by atoms with Gasteiger partial charge in [0.25, 0.3) is 5.91 Å². The van der Waals surface area contributed by atoms with Crippen molar-refractivity contribution in [2.75, 3.05) is 10.6 Å². The first-order chi connectivity index (χ1) is 9.83. The minimum atomic E-state index is -0.183. The number of fused-ring (bicyclic) bond motifs is 1. The molecule has 1 aromatic heterocycles. The first kappa shape index (κ1) is 14.0.